The average Bonchev–Trinajstić information content (AvgIpc) is 1.87. The lowest BCUT2D eigenvalue weighted by atomic mass is 10.3. The monoisotopic (exact) mass is 163 g/mol. The lowest BCUT2D eigenvalue weighted by Crippen LogP contribution is -2.41. The lowest BCUT2D eigenvalue weighted by Gasteiger charge is -2.07. The molecule has 0 aromatic rings. The second kappa shape index (κ2) is 4.64. The molecule has 0 aliphatic heterocycles. The van der Waals surface area contributed by atoms with Gasteiger partial charge in [-0.25, -0.2) is 5.43 Å². The van der Waals surface area contributed by atoms with E-state index in [1.807, 2.05) is 5.43 Å². The van der Waals surface area contributed by atoms with Crippen LogP contribution < -0.4 is 17.0 Å². The summed E-state index contributed by atoms with van der Waals surface area (Å²) >= 11 is 0. The van der Waals surface area contributed by atoms with Crippen LogP contribution in [0.25, 0.3) is 0 Å². The number of hydrogen-bond acceptors (Lipinski definition) is 4. The second-order valence-corrected chi connectivity index (χ2v) is 2.06. The first-order valence-electron chi connectivity index (χ1n) is 3.05. The van der Waals surface area contributed by atoms with Crippen LogP contribution >= 0.6 is 0 Å². The Morgan fingerprint density at radius 2 is 2.09 bits per heavy atom. The molecule has 1 atom stereocenters. The van der Waals surface area contributed by atoms with E-state index in [9.17, 15) is 9.59 Å². The van der Waals surface area contributed by atoms with Crippen LogP contribution in [0.5, 0.6) is 0 Å². The van der Waals surface area contributed by atoms with Crippen molar-refractivity contribution in [3.63, 3.8) is 0 Å². The Balaban J connectivity index is 3.70. The summed E-state index contributed by atoms with van der Waals surface area (Å²) in [6.45, 7) is 0. The second-order valence-electron chi connectivity index (χ2n) is 2.06. The van der Waals surface area contributed by atoms with Gasteiger partial charge >= 0.3 is 5.97 Å². The predicted octanol–water partition coefficient (Wildman–Crippen LogP) is -1.83. The molecule has 0 aromatic heterocycles. The zero-order valence-electron chi connectivity index (χ0n) is 5.91. The zero-order valence-corrected chi connectivity index (χ0v) is 5.91. The first-order valence-corrected chi connectivity index (χ1v) is 3.05. The van der Waals surface area contributed by atoms with Gasteiger partial charge in [0.2, 0.25) is 5.91 Å². The molecular formula is C5H11N3O3. The van der Waals surface area contributed by atoms with E-state index in [0.29, 0.717) is 0 Å². The molecule has 0 radical (unpaired) electrons. The molecule has 0 unspecified atom stereocenters. The standard InChI is InChI=1S/C5H11N3O3/c6-4(9)2-1-3(8-7)5(10)11/h3,8H,1-2,7H2,(H2,6,9)(H,10,11)/t3-/m0/s1/i3+1,7+1. The molecule has 0 saturated heterocycles. The highest BCUT2D eigenvalue weighted by Gasteiger charge is 2.15. The van der Waals surface area contributed by atoms with Crippen molar-refractivity contribution < 1.29 is 14.7 Å². The van der Waals surface area contributed by atoms with Gasteiger partial charge in [0.1, 0.15) is 6.04 Å². The quantitative estimate of drug-likeness (QED) is 0.164. The number of carboxylic acids is 1. The van der Waals surface area contributed by atoms with Crippen molar-refractivity contribution in [2.24, 2.45) is 11.6 Å². The number of amides is 1. The Hall–Kier alpha value is -1.14. The first kappa shape index (κ1) is 9.86. The lowest BCUT2D eigenvalue weighted by molar-refractivity contribution is -0.139. The number of rotatable bonds is 5. The Labute approximate surface area is 63.5 Å². The topological polar surface area (TPSA) is 118 Å². The maximum Gasteiger partial charge on any atom is 0.322 e. The summed E-state index contributed by atoms with van der Waals surface area (Å²) in [6, 6.07) is -0.900. The van der Waals surface area contributed by atoms with Gasteiger partial charge in [-0.1, -0.05) is 0 Å². The van der Waals surface area contributed by atoms with E-state index in [0.717, 1.165) is 0 Å². The molecule has 0 aromatic carbocycles. The van der Waals surface area contributed by atoms with E-state index in [1.54, 1.807) is 0 Å². The molecule has 0 saturated carbocycles. The minimum Gasteiger partial charge on any atom is -0.480 e. The van der Waals surface area contributed by atoms with Crippen molar-refractivity contribution in [2.45, 2.75) is 18.9 Å². The van der Waals surface area contributed by atoms with Crippen LogP contribution in [0.4, 0.5) is 0 Å². The molecule has 0 fully saturated rings. The van der Waals surface area contributed by atoms with Crippen molar-refractivity contribution in [1.82, 2.24) is 5.43 Å². The molecule has 64 valence electrons. The minimum absolute atomic E-state index is 0.0150. The average molecular weight is 163 g/mol. The Kier molecular flexibility index (Phi) is 4.16. The number of hydrazine groups is 1. The zero-order chi connectivity index (χ0) is 8.85. The molecule has 0 bridgehead atoms. The van der Waals surface area contributed by atoms with Crippen molar-refractivity contribution in [3.8, 4) is 0 Å². The molecule has 6 heteroatoms. The minimum atomic E-state index is -1.09. The van der Waals surface area contributed by atoms with E-state index in [4.69, 9.17) is 16.7 Å². The fourth-order valence-electron chi connectivity index (χ4n) is 0.565. The van der Waals surface area contributed by atoms with E-state index >= 15 is 0 Å². The van der Waals surface area contributed by atoms with Gasteiger partial charge in [-0.3, -0.25) is 15.4 Å². The molecule has 1 amide bonds. The highest BCUT2D eigenvalue weighted by molar-refractivity contribution is 5.77. The van der Waals surface area contributed by atoms with Crippen molar-refractivity contribution in [1.29, 1.82) is 0 Å². The van der Waals surface area contributed by atoms with Gasteiger partial charge in [-0.05, 0) is 6.42 Å². The number of hydrogen-bond donors (Lipinski definition) is 4. The summed E-state index contributed by atoms with van der Waals surface area (Å²) in [4.78, 5) is 20.5. The normalized spacial score (nSPS) is 12.5. The molecule has 0 aliphatic rings. The smallest absolute Gasteiger partial charge is 0.322 e. The van der Waals surface area contributed by atoms with Gasteiger partial charge in [-0.15, -0.1) is 0 Å². The fraction of sp³-hybridized carbons (Fsp3) is 0.600. The third kappa shape index (κ3) is 4.29. The Morgan fingerprint density at radius 1 is 1.55 bits per heavy atom. The van der Waals surface area contributed by atoms with Crippen LogP contribution in [0, 0.1) is 0 Å². The molecule has 11 heavy (non-hydrogen) atoms. The summed E-state index contributed by atoms with van der Waals surface area (Å²) in [5.41, 5.74) is 6.84. The predicted molar refractivity (Wildman–Crippen MR) is 37.2 cm³/mol. The molecule has 0 aliphatic carbocycles. The summed E-state index contributed by atoms with van der Waals surface area (Å²) in [5, 5.41) is 8.39. The van der Waals surface area contributed by atoms with Crippen LogP contribution in [0.1, 0.15) is 12.8 Å². The molecule has 0 rings (SSSR count). The van der Waals surface area contributed by atoms with E-state index in [2.05, 4.69) is 0 Å². The number of nitrogens with one attached hydrogen (secondary N) is 1. The van der Waals surface area contributed by atoms with E-state index < -0.39 is 17.9 Å². The summed E-state index contributed by atoms with van der Waals surface area (Å²) in [5.74, 6) is 3.25. The highest BCUT2D eigenvalue weighted by Crippen LogP contribution is 1.94. The molecule has 6 nitrogen and oxygen atoms in total. The summed E-state index contributed by atoms with van der Waals surface area (Å²) in [7, 11) is 0. The van der Waals surface area contributed by atoms with Crippen LogP contribution in [0.15, 0.2) is 0 Å². The SMILES string of the molecule is NC(=O)CC[13C@H](N[15NH2])C(=O)O. The highest BCUT2D eigenvalue weighted by atomic mass is 16.4. The van der Waals surface area contributed by atoms with Crippen LogP contribution in [-0.4, -0.2) is 23.0 Å². The van der Waals surface area contributed by atoms with Gasteiger partial charge < -0.3 is 10.8 Å². The van der Waals surface area contributed by atoms with Gasteiger partial charge in [0.05, 0.1) is 0 Å². The van der Waals surface area contributed by atoms with Crippen LogP contribution in [0.2, 0.25) is 0 Å². The van der Waals surface area contributed by atoms with Crippen molar-refractivity contribution >= 4 is 11.9 Å². The first-order chi connectivity index (χ1) is 5.07. The van der Waals surface area contributed by atoms with Gasteiger partial charge in [0.25, 0.3) is 0 Å². The number of aliphatic carboxylic acids is 1. The van der Waals surface area contributed by atoms with Gasteiger partial charge in [0, 0.05) is 6.42 Å². The number of carbonyl (C=O) groups is 2. The number of nitrogens with two attached hydrogens (primary N) is 2. The largest absolute Gasteiger partial charge is 0.480 e. The maximum absolute atomic E-state index is 10.2. The fourth-order valence-corrected chi connectivity index (χ4v) is 0.565. The third-order valence-electron chi connectivity index (χ3n) is 1.18. The van der Waals surface area contributed by atoms with E-state index in [1.165, 1.54) is 0 Å². The van der Waals surface area contributed by atoms with E-state index in [-0.39, 0.29) is 12.8 Å². The van der Waals surface area contributed by atoms with Gasteiger partial charge in [0.15, 0.2) is 0 Å². The number of carboxylic acid groups (broad SMARTS) is 1. The van der Waals surface area contributed by atoms with Crippen molar-refractivity contribution in [2.75, 3.05) is 0 Å². The Morgan fingerprint density at radius 3 is 2.36 bits per heavy atom. The third-order valence-corrected chi connectivity index (χ3v) is 1.18. The molecule has 6 N–H and O–H groups in total. The number of carbonyl (C=O) groups excluding carboxylic acids is 1. The summed E-state index contributed by atoms with van der Waals surface area (Å²) < 4.78 is 0. The summed E-state index contributed by atoms with van der Waals surface area (Å²) in [6.07, 6.45) is 0.127. The molecular weight excluding hydrogens is 152 g/mol. The van der Waals surface area contributed by atoms with Gasteiger partial charge in [-0.2, -0.15) is 0 Å². The van der Waals surface area contributed by atoms with Crippen molar-refractivity contribution in [3.05, 3.63) is 0 Å². The molecule has 0 heterocycles. The Bertz CT molecular complexity index is 159. The van der Waals surface area contributed by atoms with Crippen LogP contribution in [-0.2, 0) is 9.59 Å². The van der Waals surface area contributed by atoms with Crippen LogP contribution in [0.3, 0.4) is 0 Å². The maximum atomic E-state index is 10.2. The molecule has 0 spiro atoms. The number of primary amides is 1.